The maximum Gasteiger partial charge on any atom is 0.161 e. The molecule has 0 aromatic heterocycles. The van der Waals surface area contributed by atoms with Crippen molar-refractivity contribution < 1.29 is 5.21 Å². The highest BCUT2D eigenvalue weighted by Crippen LogP contribution is 2.25. The van der Waals surface area contributed by atoms with Crippen LogP contribution in [0, 0.1) is 0 Å². The first-order chi connectivity index (χ1) is 7.04. The van der Waals surface area contributed by atoms with Crippen LogP contribution in [0.25, 0.3) is 0 Å². The molecule has 0 saturated heterocycles. The Labute approximate surface area is 101 Å². The van der Waals surface area contributed by atoms with Gasteiger partial charge in [-0.3, -0.25) is 0 Å². The summed E-state index contributed by atoms with van der Waals surface area (Å²) in [5.74, 6) is 0.119. The van der Waals surface area contributed by atoms with Crippen molar-refractivity contribution in [3.8, 4) is 0 Å². The lowest BCUT2D eigenvalue weighted by Gasteiger charge is -2.13. The zero-order valence-electron chi connectivity index (χ0n) is 8.04. The molecule has 82 valence electrons. The molecule has 4 nitrogen and oxygen atoms in total. The van der Waals surface area contributed by atoms with Crippen molar-refractivity contribution in [3.05, 3.63) is 27.7 Å². The fourth-order valence-corrected chi connectivity index (χ4v) is 1.42. The summed E-state index contributed by atoms with van der Waals surface area (Å²) >= 11 is 9.20. The fourth-order valence-electron chi connectivity index (χ4n) is 0.996. The minimum Gasteiger partial charge on any atom is -0.409 e. The summed E-state index contributed by atoms with van der Waals surface area (Å²) in [6.45, 7) is 1.78. The van der Waals surface area contributed by atoms with E-state index < -0.39 is 0 Å². The van der Waals surface area contributed by atoms with Crippen LogP contribution in [0.1, 0.15) is 6.92 Å². The number of nitrogens with one attached hydrogen (secondary N) is 1. The molecular weight excluding hydrogens is 281 g/mol. The van der Waals surface area contributed by atoms with Gasteiger partial charge < -0.3 is 16.3 Å². The molecule has 0 fully saturated rings. The monoisotopic (exact) mass is 291 g/mol. The number of nitrogens with two attached hydrogens (primary N) is 1. The van der Waals surface area contributed by atoms with Gasteiger partial charge >= 0.3 is 0 Å². The molecule has 0 radical (unpaired) electrons. The molecule has 0 amide bonds. The first-order valence-electron chi connectivity index (χ1n) is 4.23. The topological polar surface area (TPSA) is 70.6 Å². The van der Waals surface area contributed by atoms with Gasteiger partial charge in [0.1, 0.15) is 0 Å². The Hall–Kier alpha value is -0.940. The summed E-state index contributed by atoms with van der Waals surface area (Å²) in [4.78, 5) is 0. The number of anilines is 1. The van der Waals surface area contributed by atoms with E-state index in [4.69, 9.17) is 22.5 Å². The quantitative estimate of drug-likeness (QED) is 0.347. The van der Waals surface area contributed by atoms with Crippen molar-refractivity contribution in [2.75, 3.05) is 5.32 Å². The molecule has 0 saturated carbocycles. The van der Waals surface area contributed by atoms with Gasteiger partial charge in [0, 0.05) is 10.2 Å². The molecule has 15 heavy (non-hydrogen) atoms. The summed E-state index contributed by atoms with van der Waals surface area (Å²) in [5, 5.41) is 15.0. The van der Waals surface area contributed by atoms with Crippen molar-refractivity contribution in [3.63, 3.8) is 0 Å². The zero-order chi connectivity index (χ0) is 11.4. The number of hydrogen-bond donors (Lipinski definition) is 3. The summed E-state index contributed by atoms with van der Waals surface area (Å²) < 4.78 is 0.825. The molecule has 1 unspecified atom stereocenters. The van der Waals surface area contributed by atoms with E-state index in [9.17, 15) is 0 Å². The Morgan fingerprint density at radius 3 is 2.87 bits per heavy atom. The molecule has 1 rings (SSSR count). The third kappa shape index (κ3) is 3.28. The van der Waals surface area contributed by atoms with Crippen molar-refractivity contribution in [1.82, 2.24) is 0 Å². The van der Waals surface area contributed by atoms with Crippen LogP contribution in [0.4, 0.5) is 5.69 Å². The standard InChI is InChI=1S/C9H11BrClN3O/c1-5(9(12)14-15)13-6-2-3-7(10)8(11)4-6/h2-5,13,15H,1H3,(H2,12,14). The number of benzene rings is 1. The highest BCUT2D eigenvalue weighted by Gasteiger charge is 2.07. The highest BCUT2D eigenvalue weighted by atomic mass is 79.9. The predicted molar refractivity (Wildman–Crippen MR) is 65.6 cm³/mol. The van der Waals surface area contributed by atoms with Crippen LogP contribution in [-0.4, -0.2) is 17.1 Å². The lowest BCUT2D eigenvalue weighted by Crippen LogP contribution is -2.32. The van der Waals surface area contributed by atoms with Crippen molar-refractivity contribution in [2.24, 2.45) is 10.9 Å². The molecule has 0 heterocycles. The molecule has 1 aromatic carbocycles. The number of amidine groups is 1. The van der Waals surface area contributed by atoms with E-state index in [1.807, 2.05) is 12.1 Å². The first-order valence-corrected chi connectivity index (χ1v) is 5.40. The highest BCUT2D eigenvalue weighted by molar-refractivity contribution is 9.10. The maximum atomic E-state index is 8.47. The van der Waals surface area contributed by atoms with Gasteiger partial charge in [-0.15, -0.1) is 0 Å². The van der Waals surface area contributed by atoms with E-state index in [0.717, 1.165) is 10.2 Å². The average molecular weight is 293 g/mol. The van der Waals surface area contributed by atoms with Crippen molar-refractivity contribution in [1.29, 1.82) is 0 Å². The summed E-state index contributed by atoms with van der Waals surface area (Å²) in [5.41, 5.74) is 6.24. The van der Waals surface area contributed by atoms with Gasteiger partial charge in [-0.1, -0.05) is 16.8 Å². The second-order valence-electron chi connectivity index (χ2n) is 3.02. The van der Waals surface area contributed by atoms with Gasteiger partial charge in [0.05, 0.1) is 11.1 Å². The number of nitrogens with zero attached hydrogens (tertiary/aromatic N) is 1. The van der Waals surface area contributed by atoms with Gasteiger partial charge in [-0.25, -0.2) is 0 Å². The molecule has 0 aliphatic rings. The second-order valence-corrected chi connectivity index (χ2v) is 4.28. The van der Waals surface area contributed by atoms with Gasteiger partial charge in [0.2, 0.25) is 0 Å². The fraction of sp³-hybridized carbons (Fsp3) is 0.222. The summed E-state index contributed by atoms with van der Waals surface area (Å²) in [6, 6.07) is 5.17. The number of rotatable bonds is 3. The first kappa shape index (κ1) is 12.1. The van der Waals surface area contributed by atoms with Crippen molar-refractivity contribution in [2.45, 2.75) is 13.0 Å². The summed E-state index contributed by atoms with van der Waals surface area (Å²) in [6.07, 6.45) is 0. The SMILES string of the molecule is CC(Nc1ccc(Br)c(Cl)c1)/C(N)=N/O. The zero-order valence-corrected chi connectivity index (χ0v) is 10.4. The number of oxime groups is 1. The lowest BCUT2D eigenvalue weighted by atomic mass is 10.2. The summed E-state index contributed by atoms with van der Waals surface area (Å²) in [7, 11) is 0. The van der Waals surface area contributed by atoms with Crippen LogP contribution in [0.3, 0.4) is 0 Å². The maximum absolute atomic E-state index is 8.47. The molecule has 4 N–H and O–H groups in total. The van der Waals surface area contributed by atoms with E-state index in [1.54, 1.807) is 13.0 Å². The van der Waals surface area contributed by atoms with Gasteiger partial charge in [-0.2, -0.15) is 0 Å². The Morgan fingerprint density at radius 1 is 1.67 bits per heavy atom. The molecule has 0 aliphatic heterocycles. The molecular formula is C9H11BrClN3O. The van der Waals surface area contributed by atoms with Crippen LogP contribution in [0.15, 0.2) is 27.8 Å². The minimum absolute atomic E-state index is 0.119. The Morgan fingerprint density at radius 2 is 2.33 bits per heavy atom. The smallest absolute Gasteiger partial charge is 0.161 e. The van der Waals surface area contributed by atoms with Gasteiger partial charge in [0.25, 0.3) is 0 Å². The van der Waals surface area contributed by atoms with E-state index >= 15 is 0 Å². The van der Waals surface area contributed by atoms with E-state index in [2.05, 4.69) is 26.4 Å². The number of hydrogen-bond acceptors (Lipinski definition) is 3. The molecule has 1 atom stereocenters. The Balaban J connectivity index is 2.77. The molecule has 0 spiro atoms. The van der Waals surface area contributed by atoms with Gasteiger partial charge in [0.15, 0.2) is 5.84 Å². The van der Waals surface area contributed by atoms with Crippen molar-refractivity contribution >= 4 is 39.1 Å². The van der Waals surface area contributed by atoms with Crippen LogP contribution < -0.4 is 11.1 Å². The molecule has 0 bridgehead atoms. The minimum atomic E-state index is -0.257. The predicted octanol–water partition coefficient (Wildman–Crippen LogP) is 2.65. The van der Waals surface area contributed by atoms with E-state index in [-0.39, 0.29) is 11.9 Å². The van der Waals surface area contributed by atoms with Crippen LogP contribution in [-0.2, 0) is 0 Å². The average Bonchev–Trinajstić information content (AvgIpc) is 2.22. The van der Waals surface area contributed by atoms with Crippen LogP contribution in [0.5, 0.6) is 0 Å². The third-order valence-electron chi connectivity index (χ3n) is 1.86. The number of halogens is 2. The lowest BCUT2D eigenvalue weighted by molar-refractivity contribution is 0.316. The second kappa shape index (κ2) is 5.23. The Bertz CT molecular complexity index is 384. The third-order valence-corrected chi connectivity index (χ3v) is 3.09. The van der Waals surface area contributed by atoms with Crippen LogP contribution >= 0.6 is 27.5 Å². The van der Waals surface area contributed by atoms with Crippen LogP contribution in [0.2, 0.25) is 5.02 Å². The molecule has 1 aromatic rings. The Kier molecular flexibility index (Phi) is 4.23. The van der Waals surface area contributed by atoms with E-state index in [0.29, 0.717) is 5.02 Å². The molecule has 6 heteroatoms. The largest absolute Gasteiger partial charge is 0.409 e. The molecule has 0 aliphatic carbocycles. The normalized spacial score (nSPS) is 13.7. The van der Waals surface area contributed by atoms with E-state index in [1.165, 1.54) is 0 Å². The van der Waals surface area contributed by atoms with Gasteiger partial charge in [-0.05, 0) is 41.1 Å².